The smallest absolute Gasteiger partial charge is 0.244 e. The van der Waals surface area contributed by atoms with Crippen LogP contribution in [0, 0.1) is 17.2 Å². The van der Waals surface area contributed by atoms with E-state index in [-0.39, 0.29) is 36.5 Å². The van der Waals surface area contributed by atoms with Gasteiger partial charge in [0.1, 0.15) is 12.1 Å². The van der Waals surface area contributed by atoms with Crippen LogP contribution in [-0.4, -0.2) is 63.5 Å². The van der Waals surface area contributed by atoms with Crippen LogP contribution in [0.5, 0.6) is 0 Å². The number of hydrogen-bond donors (Lipinski definition) is 3. The summed E-state index contributed by atoms with van der Waals surface area (Å²) in [6.45, 7) is -0.189. The zero-order valence-corrected chi connectivity index (χ0v) is 16.8. The quantitative estimate of drug-likeness (QED) is 0.586. The van der Waals surface area contributed by atoms with Crippen molar-refractivity contribution >= 4 is 23.3 Å². The number of nitriles is 1. The summed E-state index contributed by atoms with van der Waals surface area (Å²) in [5, 5.41) is 24.4. The van der Waals surface area contributed by atoms with Crippen LogP contribution < -0.4 is 10.6 Å². The Bertz CT molecular complexity index is 965. The first-order valence-corrected chi connectivity index (χ1v) is 9.55. The third-order valence-electron chi connectivity index (χ3n) is 4.63. The minimum absolute atomic E-state index is 0.0518. The first kappa shape index (κ1) is 21.1. The number of aliphatic hydroxyl groups excluding tert-OH is 1. The number of nitrogens with zero attached hydrogens (tertiary/aromatic N) is 5. The first-order chi connectivity index (χ1) is 14.4. The molecular weight excluding hydrogens is 386 g/mol. The molecule has 3 N–H and O–H groups in total. The van der Waals surface area contributed by atoms with Gasteiger partial charge in [-0.1, -0.05) is 0 Å². The Morgan fingerprint density at radius 1 is 1.27 bits per heavy atom. The topological polar surface area (TPSA) is 144 Å². The van der Waals surface area contributed by atoms with Crippen molar-refractivity contribution in [2.24, 2.45) is 5.92 Å². The average molecular weight is 409 g/mol. The molecule has 0 saturated heterocycles. The Hall–Kier alpha value is -3.58. The van der Waals surface area contributed by atoms with E-state index in [0.29, 0.717) is 22.8 Å². The average Bonchev–Trinajstić information content (AvgIpc) is 3.59. The summed E-state index contributed by atoms with van der Waals surface area (Å²) in [7, 11) is 3.24. The van der Waals surface area contributed by atoms with Gasteiger partial charge in [0.05, 0.1) is 23.8 Å². The summed E-state index contributed by atoms with van der Waals surface area (Å²) in [5.74, 6) is 0.160. The van der Waals surface area contributed by atoms with Gasteiger partial charge < -0.3 is 20.6 Å². The molecular formula is C20H23N7O3. The van der Waals surface area contributed by atoms with Crippen LogP contribution in [0.4, 0.5) is 11.5 Å². The third-order valence-corrected chi connectivity index (χ3v) is 4.63. The van der Waals surface area contributed by atoms with Gasteiger partial charge in [0.15, 0.2) is 11.5 Å². The van der Waals surface area contributed by atoms with Gasteiger partial charge in [0.25, 0.3) is 0 Å². The molecule has 2 aromatic rings. The number of rotatable bonds is 8. The minimum Gasteiger partial charge on any atom is -0.396 e. The fourth-order valence-electron chi connectivity index (χ4n) is 2.81. The zero-order chi connectivity index (χ0) is 21.7. The first-order valence-electron chi connectivity index (χ1n) is 9.55. The maximum Gasteiger partial charge on any atom is 0.244 e. The van der Waals surface area contributed by atoms with E-state index >= 15 is 0 Å². The molecule has 2 aromatic heterocycles. The summed E-state index contributed by atoms with van der Waals surface area (Å²) < 4.78 is 0. The van der Waals surface area contributed by atoms with Gasteiger partial charge in [-0.3, -0.25) is 14.6 Å². The van der Waals surface area contributed by atoms with E-state index in [1.54, 1.807) is 20.2 Å². The van der Waals surface area contributed by atoms with Crippen LogP contribution in [-0.2, 0) is 9.59 Å². The standard InChI is InChI=1S/C20H23N7O3/c1-27(2)20(30)14(5-6-28)25-15-7-13(9-22-16(15)8-21)17-10-24-18(11-23-17)26-19(29)12-3-4-12/h7,9-12,14,25,28H,3-6H2,1-2H3,(H,24,26,29)/t14-/m0/s1. The fourth-order valence-corrected chi connectivity index (χ4v) is 2.81. The van der Waals surface area contributed by atoms with Crippen LogP contribution >= 0.6 is 0 Å². The summed E-state index contributed by atoms with van der Waals surface area (Å²) in [4.78, 5) is 38.3. The lowest BCUT2D eigenvalue weighted by molar-refractivity contribution is -0.129. The maximum atomic E-state index is 12.4. The van der Waals surface area contributed by atoms with E-state index in [1.807, 2.05) is 6.07 Å². The van der Waals surface area contributed by atoms with Gasteiger partial charge in [-0.15, -0.1) is 0 Å². The molecule has 0 aromatic carbocycles. The molecule has 0 radical (unpaired) electrons. The second-order valence-electron chi connectivity index (χ2n) is 7.22. The van der Waals surface area contributed by atoms with Crippen LogP contribution in [0.2, 0.25) is 0 Å². The van der Waals surface area contributed by atoms with E-state index in [9.17, 15) is 20.0 Å². The van der Waals surface area contributed by atoms with Crippen molar-refractivity contribution in [3.05, 3.63) is 30.4 Å². The number of carbonyl (C=O) groups is 2. The molecule has 0 unspecified atom stereocenters. The fraction of sp³-hybridized carbons (Fsp3) is 0.400. The predicted octanol–water partition coefficient (Wildman–Crippen LogP) is 1.01. The second kappa shape index (κ2) is 9.28. The normalized spacial score (nSPS) is 13.8. The molecule has 0 spiro atoms. The highest BCUT2D eigenvalue weighted by Gasteiger charge is 2.29. The SMILES string of the molecule is CN(C)C(=O)[C@H](CCO)Nc1cc(-c2cnc(NC(=O)C3CC3)cn2)cnc1C#N. The van der Waals surface area contributed by atoms with Crippen molar-refractivity contribution in [1.29, 1.82) is 5.26 Å². The lowest BCUT2D eigenvalue weighted by Gasteiger charge is -2.22. The van der Waals surface area contributed by atoms with Gasteiger partial charge in [-0.25, -0.2) is 9.97 Å². The number of carbonyl (C=O) groups excluding carboxylic acids is 2. The third kappa shape index (κ3) is 5.07. The van der Waals surface area contributed by atoms with Gasteiger partial charge in [0, 0.05) is 38.4 Å². The van der Waals surface area contributed by atoms with Crippen molar-refractivity contribution in [3.63, 3.8) is 0 Å². The van der Waals surface area contributed by atoms with Crippen LogP contribution in [0.25, 0.3) is 11.3 Å². The van der Waals surface area contributed by atoms with E-state index < -0.39 is 6.04 Å². The van der Waals surface area contributed by atoms with Gasteiger partial charge >= 0.3 is 0 Å². The molecule has 1 saturated carbocycles. The number of anilines is 2. The van der Waals surface area contributed by atoms with Crippen molar-refractivity contribution in [2.45, 2.75) is 25.3 Å². The molecule has 1 atom stereocenters. The molecule has 1 fully saturated rings. The van der Waals surface area contributed by atoms with Crippen molar-refractivity contribution in [3.8, 4) is 17.3 Å². The van der Waals surface area contributed by atoms with Crippen LogP contribution in [0.15, 0.2) is 24.7 Å². The molecule has 2 heterocycles. The van der Waals surface area contributed by atoms with Crippen LogP contribution in [0.3, 0.4) is 0 Å². The van der Waals surface area contributed by atoms with E-state index in [2.05, 4.69) is 25.6 Å². The van der Waals surface area contributed by atoms with Crippen molar-refractivity contribution in [1.82, 2.24) is 19.9 Å². The molecule has 10 nitrogen and oxygen atoms in total. The van der Waals surface area contributed by atoms with Crippen molar-refractivity contribution < 1.29 is 14.7 Å². The van der Waals surface area contributed by atoms with Crippen molar-refractivity contribution in [2.75, 3.05) is 31.3 Å². The second-order valence-corrected chi connectivity index (χ2v) is 7.22. The zero-order valence-electron chi connectivity index (χ0n) is 16.8. The Labute approximate surface area is 174 Å². The Kier molecular flexibility index (Phi) is 6.54. The lowest BCUT2D eigenvalue weighted by Crippen LogP contribution is -2.39. The summed E-state index contributed by atoms with van der Waals surface area (Å²) in [6, 6.07) is 2.94. The lowest BCUT2D eigenvalue weighted by atomic mass is 10.1. The number of likely N-dealkylation sites (N-methyl/N-ethyl adjacent to an activating group) is 1. The van der Waals surface area contributed by atoms with E-state index in [0.717, 1.165) is 12.8 Å². The maximum absolute atomic E-state index is 12.4. The van der Waals surface area contributed by atoms with Gasteiger partial charge in [-0.05, 0) is 25.3 Å². The number of hydrogen-bond acceptors (Lipinski definition) is 8. The highest BCUT2D eigenvalue weighted by molar-refractivity contribution is 5.93. The summed E-state index contributed by atoms with van der Waals surface area (Å²) >= 11 is 0. The molecule has 3 rings (SSSR count). The summed E-state index contributed by atoms with van der Waals surface area (Å²) in [6.07, 6.45) is 6.44. The molecule has 0 bridgehead atoms. The monoisotopic (exact) mass is 409 g/mol. The number of aromatic nitrogens is 3. The van der Waals surface area contributed by atoms with Gasteiger partial charge in [0.2, 0.25) is 11.8 Å². The molecule has 30 heavy (non-hydrogen) atoms. The van der Waals surface area contributed by atoms with E-state index in [1.165, 1.54) is 23.5 Å². The summed E-state index contributed by atoms with van der Waals surface area (Å²) in [5.41, 5.74) is 1.56. The largest absolute Gasteiger partial charge is 0.396 e. The molecule has 2 amide bonds. The highest BCUT2D eigenvalue weighted by atomic mass is 16.3. The number of aliphatic hydroxyl groups is 1. The molecule has 10 heteroatoms. The number of pyridine rings is 1. The van der Waals surface area contributed by atoms with Gasteiger partial charge in [-0.2, -0.15) is 5.26 Å². The molecule has 1 aliphatic carbocycles. The van der Waals surface area contributed by atoms with Crippen LogP contribution in [0.1, 0.15) is 25.0 Å². The number of amides is 2. The molecule has 156 valence electrons. The predicted molar refractivity (Wildman–Crippen MR) is 109 cm³/mol. The molecule has 0 aliphatic heterocycles. The Morgan fingerprint density at radius 3 is 2.60 bits per heavy atom. The Balaban J connectivity index is 1.82. The highest BCUT2D eigenvalue weighted by Crippen LogP contribution is 2.30. The number of nitrogens with one attached hydrogen (secondary N) is 2. The molecule has 1 aliphatic rings. The van der Waals surface area contributed by atoms with E-state index in [4.69, 9.17) is 0 Å². The Morgan fingerprint density at radius 2 is 2.03 bits per heavy atom. The minimum atomic E-state index is -0.708.